The first-order valence-corrected chi connectivity index (χ1v) is 7.70. The molecule has 2 aliphatic rings. The van der Waals surface area contributed by atoms with E-state index in [2.05, 4.69) is 36.9 Å². The van der Waals surface area contributed by atoms with Crippen LogP contribution in [-0.4, -0.2) is 35.3 Å². The maximum Gasteiger partial charge on any atom is 0.127 e. The molecular weight excluding hydrogens is 250 g/mol. The van der Waals surface area contributed by atoms with Gasteiger partial charge in [0.05, 0.1) is 0 Å². The van der Waals surface area contributed by atoms with E-state index in [1.165, 1.54) is 11.1 Å². The number of ether oxygens (including phenoxy) is 1. The van der Waals surface area contributed by atoms with E-state index in [0.717, 1.165) is 44.6 Å². The van der Waals surface area contributed by atoms with Crippen LogP contribution in [0, 0.1) is 5.92 Å². The van der Waals surface area contributed by atoms with Gasteiger partial charge in [-0.1, -0.05) is 18.2 Å². The number of fused-ring (bicyclic) bond motifs is 1. The summed E-state index contributed by atoms with van der Waals surface area (Å²) in [6.07, 6.45) is 3.22. The van der Waals surface area contributed by atoms with Gasteiger partial charge in [0.1, 0.15) is 11.4 Å². The van der Waals surface area contributed by atoms with Crippen LogP contribution < -0.4 is 4.74 Å². The molecule has 1 aromatic rings. The highest BCUT2D eigenvalue weighted by atomic mass is 16.5. The summed E-state index contributed by atoms with van der Waals surface area (Å²) in [5.41, 5.74) is 2.59. The topological polar surface area (TPSA) is 32.7 Å². The van der Waals surface area contributed by atoms with Crippen LogP contribution in [0.15, 0.2) is 18.2 Å². The highest BCUT2D eigenvalue weighted by molar-refractivity contribution is 5.45. The molecule has 0 saturated carbocycles. The molecule has 20 heavy (non-hydrogen) atoms. The number of piperidine rings is 1. The molecular formula is C17H25NO2. The summed E-state index contributed by atoms with van der Waals surface area (Å²) in [6.45, 7) is 7.78. The smallest absolute Gasteiger partial charge is 0.127 e. The maximum absolute atomic E-state index is 9.21. The van der Waals surface area contributed by atoms with Crippen molar-refractivity contribution in [1.29, 1.82) is 0 Å². The molecule has 1 aromatic carbocycles. The third-order valence-electron chi connectivity index (χ3n) is 4.53. The van der Waals surface area contributed by atoms with Crippen molar-refractivity contribution in [2.75, 3.05) is 19.7 Å². The molecule has 110 valence electrons. The first-order chi connectivity index (χ1) is 9.57. The number of rotatable bonds is 3. The molecule has 0 bridgehead atoms. The minimum absolute atomic E-state index is 0.0671. The molecule has 0 atom stereocenters. The summed E-state index contributed by atoms with van der Waals surface area (Å²) in [6, 6.07) is 6.53. The monoisotopic (exact) mass is 275 g/mol. The fourth-order valence-corrected chi connectivity index (χ4v) is 3.37. The van der Waals surface area contributed by atoms with Gasteiger partial charge in [0, 0.05) is 25.1 Å². The first kappa shape index (κ1) is 13.9. The van der Waals surface area contributed by atoms with Gasteiger partial charge >= 0.3 is 0 Å². The van der Waals surface area contributed by atoms with Gasteiger partial charge < -0.3 is 9.84 Å². The Bertz CT molecular complexity index is 476. The molecule has 3 nitrogen and oxygen atoms in total. The van der Waals surface area contributed by atoms with Crippen molar-refractivity contribution in [1.82, 2.24) is 4.90 Å². The van der Waals surface area contributed by atoms with E-state index in [9.17, 15) is 5.11 Å². The molecule has 0 aromatic heterocycles. The van der Waals surface area contributed by atoms with Crippen LogP contribution >= 0.6 is 0 Å². The average molecular weight is 275 g/mol. The molecule has 1 saturated heterocycles. The molecule has 0 radical (unpaired) electrons. The zero-order chi connectivity index (χ0) is 14.2. The van der Waals surface area contributed by atoms with Crippen LogP contribution in [-0.2, 0) is 13.0 Å². The van der Waals surface area contributed by atoms with Crippen LogP contribution in [0.1, 0.15) is 37.8 Å². The summed E-state index contributed by atoms with van der Waals surface area (Å²) in [5.74, 6) is 1.62. The van der Waals surface area contributed by atoms with Crippen molar-refractivity contribution in [2.45, 2.75) is 45.3 Å². The van der Waals surface area contributed by atoms with Crippen molar-refractivity contribution in [3.05, 3.63) is 29.3 Å². The Hall–Kier alpha value is -1.06. The largest absolute Gasteiger partial charge is 0.487 e. The van der Waals surface area contributed by atoms with E-state index in [0.29, 0.717) is 12.5 Å². The Kier molecular flexibility index (Phi) is 3.74. The lowest BCUT2D eigenvalue weighted by molar-refractivity contribution is 0.120. The first-order valence-electron chi connectivity index (χ1n) is 7.70. The highest BCUT2D eigenvalue weighted by Crippen LogP contribution is 2.38. The third-order valence-corrected chi connectivity index (χ3v) is 4.53. The van der Waals surface area contributed by atoms with E-state index in [4.69, 9.17) is 4.74 Å². The van der Waals surface area contributed by atoms with E-state index >= 15 is 0 Å². The summed E-state index contributed by atoms with van der Waals surface area (Å²) in [7, 11) is 0. The number of likely N-dealkylation sites (tertiary alicyclic amines) is 1. The Labute approximate surface area is 121 Å². The van der Waals surface area contributed by atoms with Crippen LogP contribution in [0.3, 0.4) is 0 Å². The minimum atomic E-state index is -0.0671. The van der Waals surface area contributed by atoms with Crippen LogP contribution in [0.4, 0.5) is 0 Å². The summed E-state index contributed by atoms with van der Waals surface area (Å²) in [4.78, 5) is 2.48. The fourth-order valence-electron chi connectivity index (χ4n) is 3.37. The second-order valence-electron chi connectivity index (χ2n) is 6.85. The number of hydrogen-bond acceptors (Lipinski definition) is 3. The number of para-hydroxylation sites is 1. The van der Waals surface area contributed by atoms with Crippen molar-refractivity contribution >= 4 is 0 Å². The van der Waals surface area contributed by atoms with E-state index in [-0.39, 0.29) is 5.60 Å². The molecule has 3 rings (SSSR count). The Morgan fingerprint density at radius 1 is 1.30 bits per heavy atom. The predicted molar refractivity (Wildman–Crippen MR) is 79.9 cm³/mol. The fraction of sp³-hybridized carbons (Fsp3) is 0.647. The SMILES string of the molecule is CC1(C)Cc2cccc(CN3CCC(CO)CC3)c2O1. The van der Waals surface area contributed by atoms with E-state index in [1.54, 1.807) is 0 Å². The standard InChI is InChI=1S/C17H25NO2/c1-17(2)10-14-4-3-5-15(16(14)20-17)11-18-8-6-13(12-19)7-9-18/h3-5,13,19H,6-12H2,1-2H3. The molecule has 2 heterocycles. The Morgan fingerprint density at radius 2 is 2.05 bits per heavy atom. The van der Waals surface area contributed by atoms with Crippen molar-refractivity contribution in [3.63, 3.8) is 0 Å². The molecule has 0 amide bonds. The quantitative estimate of drug-likeness (QED) is 0.920. The van der Waals surface area contributed by atoms with E-state index < -0.39 is 0 Å². The average Bonchev–Trinajstić information content (AvgIpc) is 2.75. The van der Waals surface area contributed by atoms with Gasteiger partial charge in [-0.3, -0.25) is 4.90 Å². The number of nitrogens with zero attached hydrogens (tertiary/aromatic N) is 1. The lowest BCUT2D eigenvalue weighted by atomic mass is 9.97. The zero-order valence-electron chi connectivity index (χ0n) is 12.6. The van der Waals surface area contributed by atoms with Crippen molar-refractivity contribution in [3.8, 4) is 5.75 Å². The molecule has 0 spiro atoms. The third kappa shape index (κ3) is 2.84. The predicted octanol–water partition coefficient (Wildman–Crippen LogP) is 2.60. The Balaban J connectivity index is 1.69. The molecule has 1 fully saturated rings. The van der Waals surface area contributed by atoms with Crippen molar-refractivity contribution in [2.24, 2.45) is 5.92 Å². The zero-order valence-corrected chi connectivity index (χ0v) is 12.6. The number of aliphatic hydroxyl groups is 1. The summed E-state index contributed by atoms with van der Waals surface area (Å²) < 4.78 is 6.14. The highest BCUT2D eigenvalue weighted by Gasteiger charge is 2.32. The lowest BCUT2D eigenvalue weighted by Crippen LogP contribution is -2.34. The minimum Gasteiger partial charge on any atom is -0.487 e. The van der Waals surface area contributed by atoms with Crippen LogP contribution in [0.25, 0.3) is 0 Å². The van der Waals surface area contributed by atoms with Gasteiger partial charge in [-0.15, -0.1) is 0 Å². The molecule has 3 heteroatoms. The second-order valence-corrected chi connectivity index (χ2v) is 6.85. The normalized spacial score (nSPS) is 22.6. The molecule has 0 aliphatic carbocycles. The molecule has 1 N–H and O–H groups in total. The number of hydrogen-bond donors (Lipinski definition) is 1. The van der Waals surface area contributed by atoms with Gasteiger partial charge in [0.15, 0.2) is 0 Å². The van der Waals surface area contributed by atoms with Gasteiger partial charge in [-0.2, -0.15) is 0 Å². The van der Waals surface area contributed by atoms with Gasteiger partial charge in [0.25, 0.3) is 0 Å². The van der Waals surface area contributed by atoms with Gasteiger partial charge in [-0.25, -0.2) is 0 Å². The second kappa shape index (κ2) is 5.38. The van der Waals surface area contributed by atoms with Gasteiger partial charge in [-0.05, 0) is 51.3 Å². The summed E-state index contributed by atoms with van der Waals surface area (Å²) >= 11 is 0. The number of benzene rings is 1. The van der Waals surface area contributed by atoms with E-state index in [1.807, 2.05) is 0 Å². The van der Waals surface area contributed by atoms with Gasteiger partial charge in [0.2, 0.25) is 0 Å². The summed E-state index contributed by atoms with van der Waals surface area (Å²) in [5, 5.41) is 9.21. The number of aliphatic hydroxyl groups excluding tert-OH is 1. The van der Waals surface area contributed by atoms with Crippen LogP contribution in [0.5, 0.6) is 5.75 Å². The lowest BCUT2D eigenvalue weighted by Gasteiger charge is -2.31. The Morgan fingerprint density at radius 3 is 2.75 bits per heavy atom. The van der Waals surface area contributed by atoms with Crippen molar-refractivity contribution < 1.29 is 9.84 Å². The van der Waals surface area contributed by atoms with Crippen LogP contribution in [0.2, 0.25) is 0 Å². The maximum atomic E-state index is 9.21. The molecule has 0 unspecified atom stereocenters. The molecule has 2 aliphatic heterocycles.